The van der Waals surface area contributed by atoms with Gasteiger partial charge in [0.25, 0.3) is 0 Å². The van der Waals surface area contributed by atoms with E-state index in [1.54, 1.807) is 18.4 Å². The van der Waals surface area contributed by atoms with Crippen LogP contribution in [0.4, 0.5) is 0 Å². The van der Waals surface area contributed by atoms with Crippen LogP contribution in [0.3, 0.4) is 0 Å². The van der Waals surface area contributed by atoms with Crippen molar-refractivity contribution >= 4 is 27.8 Å². The van der Waals surface area contributed by atoms with Crippen LogP contribution in [0, 0.1) is 0 Å². The Bertz CT molecular complexity index is 664. The molecule has 5 nitrogen and oxygen atoms in total. The summed E-state index contributed by atoms with van der Waals surface area (Å²) in [5, 5.41) is 9.23. The third kappa shape index (κ3) is 2.90. The number of aromatic carboxylic acids is 1. The van der Waals surface area contributed by atoms with Crippen molar-refractivity contribution in [2.24, 2.45) is 0 Å². The third-order valence-corrected chi connectivity index (χ3v) is 3.92. The molecule has 20 heavy (non-hydrogen) atoms. The molecule has 0 aliphatic carbocycles. The Morgan fingerprint density at radius 1 is 1.45 bits per heavy atom. The number of hydrogen-bond acceptors (Lipinski definition) is 3. The van der Waals surface area contributed by atoms with Crippen LogP contribution in [0.2, 0.25) is 0 Å². The molecular formula is C14H18N2O3S. The molecule has 0 aliphatic rings. The summed E-state index contributed by atoms with van der Waals surface area (Å²) >= 11 is 0. The van der Waals surface area contributed by atoms with Gasteiger partial charge in [0.05, 0.1) is 11.1 Å². The molecule has 0 fully saturated rings. The van der Waals surface area contributed by atoms with Crippen LogP contribution in [0.1, 0.15) is 29.5 Å². The van der Waals surface area contributed by atoms with Crippen LogP contribution in [-0.2, 0) is 23.8 Å². The topological polar surface area (TPSA) is 72.2 Å². The van der Waals surface area contributed by atoms with E-state index in [1.165, 1.54) is 0 Å². The summed E-state index contributed by atoms with van der Waals surface area (Å²) < 4.78 is 13.3. The van der Waals surface area contributed by atoms with Gasteiger partial charge in [-0.15, -0.1) is 0 Å². The van der Waals surface area contributed by atoms with Gasteiger partial charge in [0.15, 0.2) is 0 Å². The normalized spacial score (nSPS) is 12.7. The number of carbonyl (C=O) groups is 1. The molecule has 1 N–H and O–H groups in total. The smallest absolute Gasteiger partial charge is 0.337 e. The lowest BCUT2D eigenvalue weighted by atomic mass is 10.2. The van der Waals surface area contributed by atoms with E-state index in [-0.39, 0.29) is 5.56 Å². The number of aromatic nitrogens is 2. The molecule has 0 bridgehead atoms. The van der Waals surface area contributed by atoms with Crippen LogP contribution in [0.15, 0.2) is 18.2 Å². The molecule has 6 heteroatoms. The number of nitrogens with zero attached hydrogens (tertiary/aromatic N) is 2. The number of fused-ring (bicyclic) bond motifs is 1. The summed E-state index contributed by atoms with van der Waals surface area (Å²) in [5.41, 5.74) is 1.54. The van der Waals surface area contributed by atoms with Gasteiger partial charge in [-0.05, 0) is 18.6 Å². The molecule has 1 aromatic heterocycles. The fraction of sp³-hybridized carbons (Fsp3) is 0.429. The van der Waals surface area contributed by atoms with Crippen LogP contribution in [-0.4, -0.2) is 36.8 Å². The highest BCUT2D eigenvalue weighted by Crippen LogP contribution is 2.21. The number of imidazole rings is 1. The largest absolute Gasteiger partial charge is 0.478 e. The van der Waals surface area contributed by atoms with Crippen LogP contribution < -0.4 is 0 Å². The van der Waals surface area contributed by atoms with E-state index in [4.69, 9.17) is 0 Å². The van der Waals surface area contributed by atoms with Gasteiger partial charge in [-0.1, -0.05) is 13.0 Å². The summed E-state index contributed by atoms with van der Waals surface area (Å²) in [5.74, 6) is 0.434. The lowest BCUT2D eigenvalue weighted by Gasteiger charge is -2.07. The van der Waals surface area contributed by atoms with E-state index in [0.717, 1.165) is 24.2 Å². The number of para-hydroxylation sites is 1. The maximum absolute atomic E-state index is 11.3. The zero-order chi connectivity index (χ0) is 14.7. The van der Waals surface area contributed by atoms with Gasteiger partial charge in [0, 0.05) is 35.8 Å². The Balaban J connectivity index is 2.57. The summed E-state index contributed by atoms with van der Waals surface area (Å²) in [6, 6.07) is 5.16. The van der Waals surface area contributed by atoms with Crippen molar-refractivity contribution in [1.82, 2.24) is 9.55 Å². The quantitative estimate of drug-likeness (QED) is 0.885. The molecular weight excluding hydrogens is 276 g/mol. The zero-order valence-corrected chi connectivity index (χ0v) is 12.4. The third-order valence-electron chi connectivity index (χ3n) is 3.16. The van der Waals surface area contributed by atoms with Crippen molar-refractivity contribution in [3.63, 3.8) is 0 Å². The van der Waals surface area contributed by atoms with Crippen LogP contribution in [0.25, 0.3) is 11.0 Å². The second-order valence-electron chi connectivity index (χ2n) is 4.69. The molecule has 1 heterocycles. The minimum atomic E-state index is -0.970. The predicted octanol–water partition coefficient (Wildman–Crippen LogP) is 2.07. The number of benzene rings is 1. The molecule has 2 rings (SSSR count). The van der Waals surface area contributed by atoms with Gasteiger partial charge in [-0.3, -0.25) is 4.21 Å². The molecule has 2 aromatic rings. The average molecular weight is 294 g/mol. The summed E-state index contributed by atoms with van der Waals surface area (Å²) in [6.07, 6.45) is 3.38. The second-order valence-corrected chi connectivity index (χ2v) is 6.24. The zero-order valence-electron chi connectivity index (χ0n) is 11.6. The van der Waals surface area contributed by atoms with Crippen molar-refractivity contribution in [1.29, 1.82) is 0 Å². The van der Waals surface area contributed by atoms with Gasteiger partial charge in [0.2, 0.25) is 0 Å². The first-order valence-corrected chi connectivity index (χ1v) is 8.28. The molecule has 0 spiro atoms. The maximum atomic E-state index is 11.3. The first-order valence-electron chi connectivity index (χ1n) is 6.56. The van der Waals surface area contributed by atoms with Crippen molar-refractivity contribution in [3.8, 4) is 0 Å². The lowest BCUT2D eigenvalue weighted by Crippen LogP contribution is -2.09. The predicted molar refractivity (Wildman–Crippen MR) is 79.6 cm³/mol. The summed E-state index contributed by atoms with van der Waals surface area (Å²) in [4.78, 5) is 15.7. The molecule has 108 valence electrons. The van der Waals surface area contributed by atoms with Gasteiger partial charge in [-0.25, -0.2) is 9.78 Å². The Labute approximate surface area is 120 Å². The van der Waals surface area contributed by atoms with Gasteiger partial charge in [0.1, 0.15) is 11.3 Å². The van der Waals surface area contributed by atoms with Crippen LogP contribution >= 0.6 is 0 Å². The van der Waals surface area contributed by atoms with Gasteiger partial charge in [-0.2, -0.15) is 0 Å². The van der Waals surface area contributed by atoms with Crippen LogP contribution in [0.5, 0.6) is 0 Å². The molecule has 0 saturated heterocycles. The summed E-state index contributed by atoms with van der Waals surface area (Å²) in [7, 11) is -0.884. The molecule has 1 unspecified atom stereocenters. The van der Waals surface area contributed by atoms with E-state index < -0.39 is 16.8 Å². The van der Waals surface area contributed by atoms with E-state index in [1.807, 2.05) is 10.6 Å². The number of aryl methyl sites for hydroxylation is 2. The number of rotatable bonds is 6. The molecule has 1 aromatic carbocycles. The van der Waals surface area contributed by atoms with E-state index >= 15 is 0 Å². The van der Waals surface area contributed by atoms with E-state index in [0.29, 0.717) is 17.8 Å². The SMILES string of the molecule is CCCc1nc2c(C(=O)O)cccc2n1CCS(C)=O. The second kappa shape index (κ2) is 6.17. The Hall–Kier alpha value is -1.69. The Morgan fingerprint density at radius 3 is 2.80 bits per heavy atom. The van der Waals surface area contributed by atoms with Crippen molar-refractivity contribution < 1.29 is 14.1 Å². The van der Waals surface area contributed by atoms with Gasteiger partial charge >= 0.3 is 5.97 Å². The number of hydrogen-bond donors (Lipinski definition) is 1. The minimum absolute atomic E-state index is 0.219. The van der Waals surface area contributed by atoms with Crippen molar-refractivity contribution in [3.05, 3.63) is 29.6 Å². The van der Waals surface area contributed by atoms with Gasteiger partial charge < -0.3 is 9.67 Å². The van der Waals surface area contributed by atoms with Crippen molar-refractivity contribution in [2.75, 3.05) is 12.0 Å². The Morgan fingerprint density at radius 2 is 2.20 bits per heavy atom. The highest BCUT2D eigenvalue weighted by Gasteiger charge is 2.16. The highest BCUT2D eigenvalue weighted by molar-refractivity contribution is 7.84. The molecule has 0 saturated carbocycles. The minimum Gasteiger partial charge on any atom is -0.478 e. The monoisotopic (exact) mass is 294 g/mol. The first kappa shape index (κ1) is 14.7. The molecule has 0 amide bonds. The summed E-state index contributed by atoms with van der Waals surface area (Å²) in [6.45, 7) is 2.65. The molecule has 0 radical (unpaired) electrons. The molecule has 1 atom stereocenters. The maximum Gasteiger partial charge on any atom is 0.337 e. The molecule has 0 aliphatic heterocycles. The van der Waals surface area contributed by atoms with E-state index in [2.05, 4.69) is 11.9 Å². The fourth-order valence-electron chi connectivity index (χ4n) is 2.25. The first-order chi connectivity index (χ1) is 9.54. The Kier molecular flexibility index (Phi) is 4.54. The van der Waals surface area contributed by atoms with E-state index in [9.17, 15) is 14.1 Å². The fourth-order valence-corrected chi connectivity index (χ4v) is 2.69. The van der Waals surface area contributed by atoms with Crippen molar-refractivity contribution in [2.45, 2.75) is 26.3 Å². The highest BCUT2D eigenvalue weighted by atomic mass is 32.2. The lowest BCUT2D eigenvalue weighted by molar-refractivity contribution is 0.0699. The number of carboxylic acids is 1. The average Bonchev–Trinajstić information content (AvgIpc) is 2.73. The number of carboxylic acid groups (broad SMARTS) is 1. The standard InChI is InChI=1S/C14H18N2O3S/c1-3-5-12-15-13-10(14(17)18)6-4-7-11(13)16(12)8-9-20(2)19/h4,6-7H,3,5,8-9H2,1-2H3,(H,17,18).